The molecule has 1 aromatic rings. The summed E-state index contributed by atoms with van der Waals surface area (Å²) in [5.41, 5.74) is 2.32. The number of rotatable bonds is 4. The lowest BCUT2D eigenvalue weighted by Crippen LogP contribution is -2.10. The van der Waals surface area contributed by atoms with E-state index in [0.717, 1.165) is 12.0 Å². The normalized spacial score (nSPS) is 12.1. The largest absolute Gasteiger partial charge is 0.505 e. The van der Waals surface area contributed by atoms with E-state index >= 15 is 0 Å². The minimum Gasteiger partial charge on any atom is -0.450 e. The van der Waals surface area contributed by atoms with Crippen molar-refractivity contribution in [2.24, 2.45) is 0 Å². The van der Waals surface area contributed by atoms with E-state index in [0.29, 0.717) is 0 Å². The minimum atomic E-state index is -1.21. The van der Waals surface area contributed by atoms with Crippen molar-refractivity contribution in [3.05, 3.63) is 35.4 Å². The second kappa shape index (κ2) is 5.39. The van der Waals surface area contributed by atoms with E-state index in [4.69, 9.17) is 5.11 Å². The predicted octanol–water partition coefficient (Wildman–Crippen LogP) is 3.18. The molecule has 82 valence electrons. The Labute approximate surface area is 89.7 Å². The minimum absolute atomic E-state index is 0.154. The van der Waals surface area contributed by atoms with Crippen LogP contribution in [0.3, 0.4) is 0 Å². The highest BCUT2D eigenvalue weighted by Gasteiger charge is 2.11. The summed E-state index contributed by atoms with van der Waals surface area (Å²) in [7, 11) is 0. The van der Waals surface area contributed by atoms with Crippen molar-refractivity contribution >= 4 is 6.16 Å². The van der Waals surface area contributed by atoms with Crippen LogP contribution in [0.15, 0.2) is 24.3 Å². The first-order valence-corrected chi connectivity index (χ1v) is 5.05. The van der Waals surface area contributed by atoms with Crippen LogP contribution in [-0.2, 0) is 4.74 Å². The van der Waals surface area contributed by atoms with E-state index in [1.165, 1.54) is 5.56 Å². The van der Waals surface area contributed by atoms with Crippen LogP contribution in [0.4, 0.5) is 4.79 Å². The molecule has 0 heterocycles. The highest BCUT2D eigenvalue weighted by molar-refractivity contribution is 5.56. The van der Waals surface area contributed by atoms with E-state index in [2.05, 4.69) is 10.8 Å². The molecule has 1 N–H and O–H groups in total. The average molecular weight is 208 g/mol. The van der Waals surface area contributed by atoms with E-state index in [1.54, 1.807) is 0 Å². The van der Waals surface area contributed by atoms with Gasteiger partial charge in [0.15, 0.2) is 0 Å². The lowest BCUT2D eigenvalue weighted by molar-refractivity contribution is 0.0854. The van der Waals surface area contributed by atoms with Gasteiger partial charge in [-0.1, -0.05) is 36.8 Å². The Hall–Kier alpha value is -1.51. The summed E-state index contributed by atoms with van der Waals surface area (Å²) in [5, 5.41) is 8.44. The van der Waals surface area contributed by atoms with Crippen molar-refractivity contribution in [2.75, 3.05) is 6.61 Å². The van der Waals surface area contributed by atoms with Gasteiger partial charge in [0, 0.05) is 5.92 Å². The van der Waals surface area contributed by atoms with Gasteiger partial charge in [0.05, 0.1) is 0 Å². The first kappa shape index (κ1) is 11.6. The average Bonchev–Trinajstić information content (AvgIpc) is 2.18. The van der Waals surface area contributed by atoms with Crippen LogP contribution in [0.5, 0.6) is 0 Å². The third-order valence-corrected chi connectivity index (χ3v) is 2.41. The summed E-state index contributed by atoms with van der Waals surface area (Å²) in [6, 6.07) is 8.08. The Morgan fingerprint density at radius 3 is 2.80 bits per heavy atom. The smallest absolute Gasteiger partial charge is 0.450 e. The third-order valence-electron chi connectivity index (χ3n) is 2.41. The van der Waals surface area contributed by atoms with E-state index in [1.807, 2.05) is 32.0 Å². The van der Waals surface area contributed by atoms with Crippen LogP contribution in [0.25, 0.3) is 0 Å². The van der Waals surface area contributed by atoms with Crippen molar-refractivity contribution in [1.29, 1.82) is 0 Å². The monoisotopic (exact) mass is 208 g/mol. The van der Waals surface area contributed by atoms with Gasteiger partial charge in [-0.15, -0.1) is 0 Å². The van der Waals surface area contributed by atoms with Crippen LogP contribution in [-0.4, -0.2) is 17.9 Å². The molecule has 0 spiro atoms. The fraction of sp³-hybridized carbons (Fsp3) is 0.417. The van der Waals surface area contributed by atoms with Crippen molar-refractivity contribution in [2.45, 2.75) is 26.2 Å². The summed E-state index contributed by atoms with van der Waals surface area (Å²) in [5.74, 6) is 0.154. The molecule has 0 aliphatic heterocycles. The lowest BCUT2D eigenvalue weighted by atomic mass is 9.96. The molecule has 0 bridgehead atoms. The molecule has 1 atom stereocenters. The molecule has 3 nitrogen and oxygen atoms in total. The number of benzene rings is 1. The Morgan fingerprint density at radius 1 is 1.53 bits per heavy atom. The van der Waals surface area contributed by atoms with Crippen molar-refractivity contribution in [3.8, 4) is 0 Å². The Morgan fingerprint density at radius 2 is 2.27 bits per heavy atom. The molecule has 0 aliphatic carbocycles. The van der Waals surface area contributed by atoms with Gasteiger partial charge < -0.3 is 9.84 Å². The topological polar surface area (TPSA) is 46.5 Å². The molecular formula is C12H16O3. The molecule has 0 fully saturated rings. The molecule has 15 heavy (non-hydrogen) atoms. The Balaban J connectivity index is 2.69. The zero-order valence-corrected chi connectivity index (χ0v) is 9.06. The van der Waals surface area contributed by atoms with Gasteiger partial charge in [0.25, 0.3) is 0 Å². The van der Waals surface area contributed by atoms with Crippen molar-refractivity contribution < 1.29 is 14.6 Å². The first-order chi connectivity index (χ1) is 7.13. The van der Waals surface area contributed by atoms with Gasteiger partial charge in [0.2, 0.25) is 0 Å². The molecule has 1 unspecified atom stereocenters. The van der Waals surface area contributed by atoms with Gasteiger partial charge in [-0.3, -0.25) is 0 Å². The molecule has 0 aliphatic rings. The zero-order valence-electron chi connectivity index (χ0n) is 9.06. The molecule has 3 heteroatoms. The van der Waals surface area contributed by atoms with Crippen LogP contribution < -0.4 is 0 Å². The maximum Gasteiger partial charge on any atom is 0.505 e. The molecule has 0 saturated heterocycles. The number of carbonyl (C=O) groups is 1. The first-order valence-electron chi connectivity index (χ1n) is 5.05. The van der Waals surface area contributed by atoms with Crippen LogP contribution in [0, 0.1) is 6.92 Å². The van der Waals surface area contributed by atoms with Gasteiger partial charge in [-0.05, 0) is 18.9 Å². The predicted molar refractivity (Wildman–Crippen MR) is 58.2 cm³/mol. The number of ether oxygens (including phenoxy) is 1. The molecule has 1 rings (SSSR count). The van der Waals surface area contributed by atoms with Crippen molar-refractivity contribution in [3.63, 3.8) is 0 Å². The third kappa shape index (κ3) is 3.62. The lowest BCUT2D eigenvalue weighted by Gasteiger charge is -2.14. The summed E-state index contributed by atoms with van der Waals surface area (Å²) in [4.78, 5) is 10.3. The number of aryl methyl sites for hydroxylation is 1. The molecule has 0 saturated carbocycles. The standard InChI is InChI=1S/C12H16O3/c1-3-10(8-15-12(13)14)11-6-4-5-9(2)7-11/h4-7,10H,3,8H2,1-2H3,(H,13,14). The SMILES string of the molecule is CCC(COC(=O)O)c1cccc(C)c1. The fourth-order valence-electron chi connectivity index (χ4n) is 1.55. The maximum atomic E-state index is 10.3. The molecule has 0 radical (unpaired) electrons. The van der Waals surface area contributed by atoms with Crippen LogP contribution in [0.2, 0.25) is 0 Å². The van der Waals surface area contributed by atoms with Gasteiger partial charge in [-0.2, -0.15) is 0 Å². The second-order valence-corrected chi connectivity index (χ2v) is 3.60. The van der Waals surface area contributed by atoms with E-state index in [-0.39, 0.29) is 12.5 Å². The molecule has 0 amide bonds. The van der Waals surface area contributed by atoms with E-state index < -0.39 is 6.16 Å². The summed E-state index contributed by atoms with van der Waals surface area (Å²) in [6.07, 6.45) is -0.336. The highest BCUT2D eigenvalue weighted by Crippen LogP contribution is 2.20. The fourth-order valence-corrected chi connectivity index (χ4v) is 1.55. The summed E-state index contributed by atoms with van der Waals surface area (Å²) >= 11 is 0. The van der Waals surface area contributed by atoms with Crippen molar-refractivity contribution in [1.82, 2.24) is 0 Å². The molecular weight excluding hydrogens is 192 g/mol. The maximum absolute atomic E-state index is 10.3. The quantitative estimate of drug-likeness (QED) is 0.773. The van der Waals surface area contributed by atoms with Crippen LogP contribution in [0.1, 0.15) is 30.4 Å². The molecule has 1 aromatic carbocycles. The van der Waals surface area contributed by atoms with Gasteiger partial charge in [0.1, 0.15) is 6.61 Å². The summed E-state index contributed by atoms with van der Waals surface area (Å²) < 4.78 is 4.61. The second-order valence-electron chi connectivity index (χ2n) is 3.60. The van der Waals surface area contributed by atoms with E-state index in [9.17, 15) is 4.79 Å². The number of carboxylic acid groups (broad SMARTS) is 1. The Bertz CT molecular complexity index is 333. The highest BCUT2D eigenvalue weighted by atomic mass is 16.7. The zero-order chi connectivity index (χ0) is 11.3. The van der Waals surface area contributed by atoms with Gasteiger partial charge in [-0.25, -0.2) is 4.79 Å². The van der Waals surface area contributed by atoms with Crippen LogP contribution >= 0.6 is 0 Å². The Kier molecular flexibility index (Phi) is 4.16. The van der Waals surface area contributed by atoms with Gasteiger partial charge >= 0.3 is 6.16 Å². The summed E-state index contributed by atoms with van der Waals surface area (Å²) in [6.45, 7) is 4.28. The number of hydrogen-bond donors (Lipinski definition) is 1. The number of hydrogen-bond acceptors (Lipinski definition) is 2. The molecule has 0 aromatic heterocycles.